The number of rotatable bonds is 7. The minimum atomic E-state index is 0.627. The van der Waals surface area contributed by atoms with Crippen LogP contribution >= 0.6 is 0 Å². The van der Waals surface area contributed by atoms with Gasteiger partial charge in [-0.25, -0.2) is 0 Å². The van der Waals surface area contributed by atoms with Gasteiger partial charge in [0.05, 0.1) is 12.8 Å². The van der Waals surface area contributed by atoms with Crippen molar-refractivity contribution in [3.8, 4) is 5.75 Å². The second kappa shape index (κ2) is 6.72. The zero-order valence-electron chi connectivity index (χ0n) is 12.4. The molecule has 5 nitrogen and oxygen atoms in total. The van der Waals surface area contributed by atoms with E-state index in [-0.39, 0.29) is 0 Å². The van der Waals surface area contributed by atoms with Gasteiger partial charge in [-0.2, -0.15) is 0 Å². The Balaban J connectivity index is 2.25. The molecule has 0 bridgehead atoms. The molecule has 1 aliphatic heterocycles. The summed E-state index contributed by atoms with van der Waals surface area (Å²) in [5.41, 5.74) is 3.38. The molecule has 0 atom stereocenters. The van der Waals surface area contributed by atoms with Crippen LogP contribution in [0.3, 0.4) is 0 Å². The van der Waals surface area contributed by atoms with Gasteiger partial charge in [0.15, 0.2) is 0 Å². The zero-order chi connectivity index (χ0) is 14.5. The number of anilines is 1. The molecule has 110 valence electrons. The molecule has 1 heterocycles. The van der Waals surface area contributed by atoms with Crippen LogP contribution in [-0.4, -0.2) is 45.7 Å². The quantitative estimate of drug-likeness (QED) is 0.562. The molecule has 0 aliphatic carbocycles. The van der Waals surface area contributed by atoms with Crippen molar-refractivity contribution in [3.05, 3.63) is 23.3 Å². The molecule has 1 aromatic carbocycles. The standard InChI is InChI=1S/C15H22N2O3/c1-16-9-12-7-14(15(20-3)8-13(12)10-16)17(11-18)5-4-6-19-2/h7-8,11H,4-6,9-10H2,1-3H3. The predicted molar refractivity (Wildman–Crippen MR) is 78.1 cm³/mol. The van der Waals surface area contributed by atoms with Crippen molar-refractivity contribution in [2.24, 2.45) is 0 Å². The highest BCUT2D eigenvalue weighted by molar-refractivity contribution is 5.79. The number of hydrogen-bond donors (Lipinski definition) is 0. The lowest BCUT2D eigenvalue weighted by molar-refractivity contribution is -0.107. The van der Waals surface area contributed by atoms with E-state index in [1.807, 2.05) is 6.07 Å². The minimum Gasteiger partial charge on any atom is -0.495 e. The van der Waals surface area contributed by atoms with Crippen LogP contribution in [0, 0.1) is 0 Å². The van der Waals surface area contributed by atoms with E-state index >= 15 is 0 Å². The molecule has 0 fully saturated rings. The van der Waals surface area contributed by atoms with E-state index in [1.165, 1.54) is 11.1 Å². The van der Waals surface area contributed by atoms with Gasteiger partial charge >= 0.3 is 0 Å². The lowest BCUT2D eigenvalue weighted by Gasteiger charge is -2.21. The summed E-state index contributed by atoms with van der Waals surface area (Å²) >= 11 is 0. The Morgan fingerprint density at radius 3 is 2.60 bits per heavy atom. The van der Waals surface area contributed by atoms with Gasteiger partial charge in [-0.1, -0.05) is 0 Å². The van der Waals surface area contributed by atoms with Crippen molar-refractivity contribution in [1.29, 1.82) is 0 Å². The van der Waals surface area contributed by atoms with E-state index in [0.717, 1.165) is 37.4 Å². The van der Waals surface area contributed by atoms with Crippen molar-refractivity contribution >= 4 is 12.1 Å². The van der Waals surface area contributed by atoms with Gasteiger partial charge in [-0.05, 0) is 36.7 Å². The van der Waals surface area contributed by atoms with Crippen LogP contribution in [0.4, 0.5) is 5.69 Å². The van der Waals surface area contributed by atoms with Crippen LogP contribution in [0.1, 0.15) is 17.5 Å². The normalized spacial score (nSPS) is 14.2. The fourth-order valence-electron chi connectivity index (χ4n) is 2.58. The summed E-state index contributed by atoms with van der Waals surface area (Å²) in [4.78, 5) is 15.3. The first-order chi connectivity index (χ1) is 9.69. The second-order valence-electron chi connectivity index (χ2n) is 5.11. The molecule has 20 heavy (non-hydrogen) atoms. The summed E-state index contributed by atoms with van der Waals surface area (Å²) in [6.45, 7) is 3.11. The molecule has 2 rings (SSSR count). The molecule has 0 spiro atoms. The Hall–Kier alpha value is -1.59. The van der Waals surface area contributed by atoms with Crippen LogP contribution in [0.25, 0.3) is 0 Å². The van der Waals surface area contributed by atoms with Gasteiger partial charge in [-0.15, -0.1) is 0 Å². The van der Waals surface area contributed by atoms with E-state index in [0.29, 0.717) is 13.2 Å². The fourth-order valence-corrected chi connectivity index (χ4v) is 2.58. The maximum absolute atomic E-state index is 11.4. The number of benzene rings is 1. The summed E-state index contributed by atoms with van der Waals surface area (Å²) in [6.07, 6.45) is 1.66. The van der Waals surface area contributed by atoms with Gasteiger partial charge in [0.2, 0.25) is 6.41 Å². The third-order valence-corrected chi connectivity index (χ3v) is 3.57. The molecule has 5 heteroatoms. The summed E-state index contributed by atoms with van der Waals surface area (Å²) in [5.74, 6) is 0.753. The molecule has 1 amide bonds. The van der Waals surface area contributed by atoms with Crippen molar-refractivity contribution in [3.63, 3.8) is 0 Å². The monoisotopic (exact) mass is 278 g/mol. The number of carbonyl (C=O) groups is 1. The summed E-state index contributed by atoms with van der Waals surface area (Å²) in [7, 11) is 5.39. The highest BCUT2D eigenvalue weighted by atomic mass is 16.5. The third kappa shape index (κ3) is 3.11. The topological polar surface area (TPSA) is 42.0 Å². The first kappa shape index (κ1) is 14.8. The molecular weight excluding hydrogens is 256 g/mol. The van der Waals surface area contributed by atoms with Crippen molar-refractivity contribution < 1.29 is 14.3 Å². The molecule has 0 unspecified atom stereocenters. The van der Waals surface area contributed by atoms with Gasteiger partial charge in [0.1, 0.15) is 5.75 Å². The van der Waals surface area contributed by atoms with Gasteiger partial charge < -0.3 is 14.4 Å². The zero-order valence-corrected chi connectivity index (χ0v) is 12.4. The number of carbonyl (C=O) groups excluding carboxylic acids is 1. The maximum Gasteiger partial charge on any atom is 0.214 e. The van der Waals surface area contributed by atoms with Crippen LogP contribution < -0.4 is 9.64 Å². The number of amides is 1. The molecular formula is C15H22N2O3. The van der Waals surface area contributed by atoms with Gasteiger partial charge in [0.25, 0.3) is 0 Å². The number of fused-ring (bicyclic) bond motifs is 1. The number of methoxy groups -OCH3 is 2. The first-order valence-corrected chi connectivity index (χ1v) is 6.78. The lowest BCUT2D eigenvalue weighted by Crippen LogP contribution is -2.24. The van der Waals surface area contributed by atoms with Gasteiger partial charge in [-0.3, -0.25) is 9.69 Å². The number of ether oxygens (including phenoxy) is 2. The van der Waals surface area contributed by atoms with Crippen molar-refractivity contribution in [2.75, 3.05) is 39.3 Å². The molecule has 0 saturated heterocycles. The minimum absolute atomic E-state index is 0.627. The molecule has 1 aliphatic rings. The van der Waals surface area contributed by atoms with Gasteiger partial charge in [0, 0.05) is 33.4 Å². The Bertz CT molecular complexity index is 476. The average molecular weight is 278 g/mol. The first-order valence-electron chi connectivity index (χ1n) is 6.78. The number of nitrogens with zero attached hydrogens (tertiary/aromatic N) is 2. The van der Waals surface area contributed by atoms with Crippen molar-refractivity contribution in [2.45, 2.75) is 19.5 Å². The number of hydrogen-bond acceptors (Lipinski definition) is 4. The van der Waals surface area contributed by atoms with Crippen LogP contribution in [0.2, 0.25) is 0 Å². The molecule has 0 saturated carbocycles. The lowest BCUT2D eigenvalue weighted by atomic mass is 10.1. The van der Waals surface area contributed by atoms with Crippen LogP contribution in [0.15, 0.2) is 12.1 Å². The van der Waals surface area contributed by atoms with Crippen LogP contribution in [0.5, 0.6) is 5.75 Å². The van der Waals surface area contributed by atoms with E-state index in [1.54, 1.807) is 19.1 Å². The Morgan fingerprint density at radius 2 is 2.00 bits per heavy atom. The fraction of sp³-hybridized carbons (Fsp3) is 0.533. The maximum atomic E-state index is 11.4. The van der Waals surface area contributed by atoms with E-state index in [2.05, 4.69) is 18.0 Å². The summed E-state index contributed by atoms with van der Waals surface area (Å²) < 4.78 is 10.5. The molecule has 0 aromatic heterocycles. The Labute approximate surface area is 120 Å². The average Bonchev–Trinajstić information content (AvgIpc) is 2.81. The Morgan fingerprint density at radius 1 is 1.30 bits per heavy atom. The van der Waals surface area contributed by atoms with E-state index in [4.69, 9.17) is 9.47 Å². The highest BCUT2D eigenvalue weighted by Crippen LogP contribution is 2.35. The van der Waals surface area contributed by atoms with Crippen molar-refractivity contribution in [1.82, 2.24) is 4.90 Å². The highest BCUT2D eigenvalue weighted by Gasteiger charge is 2.21. The van der Waals surface area contributed by atoms with Crippen LogP contribution in [-0.2, 0) is 22.6 Å². The summed E-state index contributed by atoms with van der Waals surface area (Å²) in [6, 6.07) is 4.11. The third-order valence-electron chi connectivity index (χ3n) is 3.57. The smallest absolute Gasteiger partial charge is 0.214 e. The SMILES string of the molecule is COCCCN(C=O)c1cc2c(cc1OC)CN(C)C2. The molecule has 0 N–H and O–H groups in total. The molecule has 1 aromatic rings. The summed E-state index contributed by atoms with van der Waals surface area (Å²) in [5, 5.41) is 0. The Kier molecular flexibility index (Phi) is 4.98. The van der Waals surface area contributed by atoms with E-state index in [9.17, 15) is 4.79 Å². The molecule has 0 radical (unpaired) electrons. The second-order valence-corrected chi connectivity index (χ2v) is 5.11. The largest absolute Gasteiger partial charge is 0.495 e. The predicted octanol–water partition coefficient (Wildman–Crippen LogP) is 1.64. The van der Waals surface area contributed by atoms with E-state index < -0.39 is 0 Å².